The number of nitrogens with zero attached hydrogens (tertiary/aromatic N) is 4. The van der Waals surface area contributed by atoms with Gasteiger partial charge >= 0.3 is 5.97 Å². The number of carboxylic acids is 1. The number of carbonyl (C=O) groups is 2. The van der Waals surface area contributed by atoms with Gasteiger partial charge < -0.3 is 29.8 Å². The summed E-state index contributed by atoms with van der Waals surface area (Å²) in [5.41, 5.74) is 8.64. The van der Waals surface area contributed by atoms with Crippen molar-refractivity contribution in [1.29, 1.82) is 0 Å². The van der Waals surface area contributed by atoms with Crippen LogP contribution in [0.5, 0.6) is 23.3 Å². The molecule has 0 bridgehead atoms. The molecule has 2 fully saturated rings. The predicted octanol–water partition coefficient (Wildman–Crippen LogP) is 7.52. The zero-order valence-corrected chi connectivity index (χ0v) is 33.9. The highest BCUT2D eigenvalue weighted by molar-refractivity contribution is 7.15. The van der Waals surface area contributed by atoms with Crippen molar-refractivity contribution in [3.63, 3.8) is 0 Å². The second kappa shape index (κ2) is 18.4. The molecule has 4 aromatic heterocycles. The van der Waals surface area contributed by atoms with Crippen molar-refractivity contribution in [2.24, 2.45) is 0 Å². The smallest absolute Gasteiger partial charge is 0.314 e. The van der Waals surface area contributed by atoms with Crippen LogP contribution in [0.3, 0.4) is 0 Å². The van der Waals surface area contributed by atoms with E-state index in [4.69, 9.17) is 29.8 Å². The molecule has 0 aliphatic heterocycles. The number of hydrogen-bond acceptors (Lipinski definition) is 13. The van der Waals surface area contributed by atoms with E-state index in [2.05, 4.69) is 19.9 Å². The number of pyridine rings is 2. The fourth-order valence-corrected chi connectivity index (χ4v) is 8.16. The largest absolute Gasteiger partial charge is 0.497 e. The van der Waals surface area contributed by atoms with Crippen LogP contribution < -0.4 is 24.7 Å². The third kappa shape index (κ3) is 9.94. The average Bonchev–Trinajstić information content (AvgIpc) is 4.16. The molecule has 0 spiro atoms. The van der Waals surface area contributed by atoms with Gasteiger partial charge in [-0.15, -0.1) is 22.7 Å². The number of aliphatic carboxylic acids is 1. The van der Waals surface area contributed by atoms with Crippen molar-refractivity contribution in [3.8, 4) is 23.3 Å². The fraction of sp³-hybridized carbons (Fsp3) is 0.302. The topological polar surface area (TPSA) is 169 Å². The lowest BCUT2D eigenvalue weighted by Gasteiger charge is -2.14. The molecule has 6 aromatic rings. The minimum absolute atomic E-state index is 0.248. The molecular formula is C43H45N5O7S2. The van der Waals surface area contributed by atoms with Gasteiger partial charge in [0, 0.05) is 58.5 Å². The van der Waals surface area contributed by atoms with Gasteiger partial charge in [-0.2, -0.15) is 0 Å². The Morgan fingerprint density at radius 1 is 0.649 bits per heavy atom. The summed E-state index contributed by atoms with van der Waals surface area (Å²) in [4.78, 5) is 43.1. The number of rotatable bonds is 14. The van der Waals surface area contributed by atoms with Crippen LogP contribution in [0.1, 0.15) is 62.7 Å². The van der Waals surface area contributed by atoms with Crippen molar-refractivity contribution >= 4 is 39.6 Å². The molecule has 0 radical (unpaired) electrons. The summed E-state index contributed by atoms with van der Waals surface area (Å²) in [5.74, 6) is 2.38. The molecule has 4 heterocycles. The maximum atomic E-state index is 13.0. The highest BCUT2D eigenvalue weighted by Gasteiger charge is 2.52. The van der Waals surface area contributed by atoms with Gasteiger partial charge in [0.15, 0.2) is 5.13 Å². The minimum Gasteiger partial charge on any atom is -0.497 e. The molecular weight excluding hydrogens is 763 g/mol. The first-order valence-corrected chi connectivity index (χ1v) is 19.9. The number of Topliss-reactive ketones (excluding diaryl/α,β-unsaturated/α-hetero) is 1. The van der Waals surface area contributed by atoms with Crippen LogP contribution >= 0.6 is 22.7 Å². The van der Waals surface area contributed by atoms with Crippen LogP contribution in [-0.4, -0.2) is 65.2 Å². The van der Waals surface area contributed by atoms with Crippen LogP contribution in [0.2, 0.25) is 0 Å². The number of anilines is 1. The van der Waals surface area contributed by atoms with Crippen molar-refractivity contribution in [1.82, 2.24) is 19.9 Å². The number of hydrogen-bond donors (Lipinski definition) is 2. The van der Waals surface area contributed by atoms with Crippen LogP contribution in [0.15, 0.2) is 97.6 Å². The summed E-state index contributed by atoms with van der Waals surface area (Å²) in [6.07, 6.45) is 12.2. The SMILES string of the molecule is COc1ccc(C2(C(=O)Cc3ncc(Cc4cccnc4OC)s3)CC2)cc1.COc1ccc(C2(C(=O)O)CC2)cc1.COc1ncccc1Cc1cnc(N)s1. The Hall–Kier alpha value is -5.86. The number of carbonyl (C=O) groups excluding carboxylic acids is 1. The van der Waals surface area contributed by atoms with E-state index in [0.29, 0.717) is 29.7 Å². The molecule has 14 heteroatoms. The van der Waals surface area contributed by atoms with Crippen LogP contribution in [0.25, 0.3) is 0 Å². The standard InChI is InChI=1S/C22H22N2O3S.C11H12O3.C10H11N3OS/c1-26-17-7-5-16(6-8-17)22(9-10-22)19(25)13-20-24-14-18(28-20)12-15-4-3-11-23-21(15)27-2;1-14-9-4-2-8(3-5-9)11(6-7-11)10(12)13;1-14-9-7(3-2-4-12-9)5-8-6-13-10(11)15-8/h3-8,11,14H,9-10,12-13H2,1-2H3;2-5H,6-7H2,1H3,(H,12,13);2-4,6H,5H2,1H3,(H2,11,13). The van der Waals surface area contributed by atoms with E-state index in [1.54, 1.807) is 70.5 Å². The van der Waals surface area contributed by atoms with E-state index in [1.807, 2.05) is 66.9 Å². The molecule has 2 aliphatic rings. The number of carboxylic acid groups (broad SMARTS) is 1. The Kier molecular flexibility index (Phi) is 13.2. The summed E-state index contributed by atoms with van der Waals surface area (Å²) in [7, 11) is 6.48. The molecule has 0 saturated heterocycles. The minimum atomic E-state index is -0.720. The number of nitrogen functional groups attached to an aromatic ring is 1. The van der Waals surface area contributed by atoms with Gasteiger partial charge in [-0.05, 0) is 73.2 Å². The van der Waals surface area contributed by atoms with Crippen molar-refractivity contribution in [2.45, 2.75) is 55.8 Å². The molecule has 296 valence electrons. The van der Waals surface area contributed by atoms with Gasteiger partial charge in [0.05, 0.1) is 45.7 Å². The van der Waals surface area contributed by atoms with Gasteiger partial charge in [0.1, 0.15) is 22.3 Å². The number of ether oxygens (including phenoxy) is 4. The Bertz CT molecular complexity index is 2270. The van der Waals surface area contributed by atoms with E-state index >= 15 is 0 Å². The van der Waals surface area contributed by atoms with Crippen LogP contribution in [-0.2, 0) is 39.7 Å². The number of benzene rings is 2. The number of nitrogens with two attached hydrogens (primary N) is 1. The first-order chi connectivity index (χ1) is 27.6. The zero-order chi connectivity index (χ0) is 40.4. The third-order valence-electron chi connectivity index (χ3n) is 10.0. The molecule has 2 saturated carbocycles. The van der Waals surface area contributed by atoms with Crippen molar-refractivity contribution in [2.75, 3.05) is 34.2 Å². The number of thiazole rings is 2. The quantitative estimate of drug-likeness (QED) is 0.111. The normalized spacial score (nSPS) is 14.1. The predicted molar refractivity (Wildman–Crippen MR) is 220 cm³/mol. The molecule has 2 aromatic carbocycles. The fourth-order valence-electron chi connectivity index (χ4n) is 6.51. The molecule has 12 nitrogen and oxygen atoms in total. The highest BCUT2D eigenvalue weighted by atomic mass is 32.1. The summed E-state index contributed by atoms with van der Waals surface area (Å²) >= 11 is 3.07. The van der Waals surface area contributed by atoms with E-state index in [0.717, 1.165) is 80.6 Å². The Balaban J connectivity index is 0.000000159. The van der Waals surface area contributed by atoms with Gasteiger partial charge in [-0.25, -0.2) is 19.9 Å². The maximum Gasteiger partial charge on any atom is 0.314 e. The van der Waals surface area contributed by atoms with Crippen LogP contribution in [0, 0.1) is 0 Å². The lowest BCUT2D eigenvalue weighted by molar-refractivity contribution is -0.140. The zero-order valence-electron chi connectivity index (χ0n) is 32.3. The second-order valence-corrected chi connectivity index (χ2v) is 16.0. The van der Waals surface area contributed by atoms with Gasteiger partial charge in [-0.3, -0.25) is 9.59 Å². The van der Waals surface area contributed by atoms with Crippen molar-refractivity contribution in [3.05, 3.63) is 135 Å². The van der Waals surface area contributed by atoms with E-state index in [-0.39, 0.29) is 11.2 Å². The van der Waals surface area contributed by atoms with E-state index in [9.17, 15) is 9.59 Å². The van der Waals surface area contributed by atoms with Gasteiger partial charge in [0.2, 0.25) is 11.8 Å². The first kappa shape index (κ1) is 40.8. The molecule has 0 unspecified atom stereocenters. The number of ketones is 1. The Labute approximate surface area is 339 Å². The maximum absolute atomic E-state index is 13.0. The molecule has 3 N–H and O–H groups in total. The van der Waals surface area contributed by atoms with E-state index in [1.165, 1.54) is 11.3 Å². The van der Waals surface area contributed by atoms with Crippen LogP contribution in [0.4, 0.5) is 5.13 Å². The summed E-state index contributed by atoms with van der Waals surface area (Å²) in [5, 5.41) is 10.5. The molecule has 2 aliphatic carbocycles. The molecule has 0 amide bonds. The summed E-state index contributed by atoms with van der Waals surface area (Å²) < 4.78 is 20.7. The first-order valence-electron chi connectivity index (χ1n) is 18.3. The summed E-state index contributed by atoms with van der Waals surface area (Å²) in [6, 6.07) is 22.9. The Morgan fingerprint density at radius 2 is 1.12 bits per heavy atom. The van der Waals surface area contributed by atoms with E-state index < -0.39 is 11.4 Å². The molecule has 8 rings (SSSR count). The lowest BCUT2D eigenvalue weighted by atomic mass is 9.90. The average molecular weight is 808 g/mol. The highest BCUT2D eigenvalue weighted by Crippen LogP contribution is 2.50. The second-order valence-electron chi connectivity index (χ2n) is 13.6. The molecule has 57 heavy (non-hydrogen) atoms. The van der Waals surface area contributed by atoms with Crippen molar-refractivity contribution < 1.29 is 33.6 Å². The van der Waals surface area contributed by atoms with Gasteiger partial charge in [-0.1, -0.05) is 36.4 Å². The number of methoxy groups -OCH3 is 4. The third-order valence-corrected chi connectivity index (χ3v) is 11.9. The molecule has 0 atom stereocenters. The monoisotopic (exact) mass is 807 g/mol. The summed E-state index contributed by atoms with van der Waals surface area (Å²) in [6.45, 7) is 0. The number of aromatic nitrogens is 4. The van der Waals surface area contributed by atoms with Gasteiger partial charge in [0.25, 0.3) is 0 Å². The Morgan fingerprint density at radius 3 is 1.54 bits per heavy atom. The lowest BCUT2D eigenvalue weighted by Crippen LogP contribution is -2.22.